The molecule has 1 aliphatic heterocycles. The van der Waals surface area contributed by atoms with Crippen molar-refractivity contribution in [3.63, 3.8) is 0 Å². The number of carbonyl (C=O) groups excluding carboxylic acids is 1. The van der Waals surface area contributed by atoms with E-state index in [-0.39, 0.29) is 11.9 Å². The molecular weight excluding hydrogens is 346 g/mol. The summed E-state index contributed by atoms with van der Waals surface area (Å²) in [5, 5.41) is 22.5. The lowest BCUT2D eigenvalue weighted by atomic mass is 9.91. The van der Waals surface area contributed by atoms with E-state index in [1.165, 1.54) is 7.11 Å². The number of benzene rings is 1. The maximum Gasteiger partial charge on any atom is 0.321 e. The molecule has 8 nitrogen and oxygen atoms in total. The molecule has 1 fully saturated rings. The van der Waals surface area contributed by atoms with Gasteiger partial charge in [-0.3, -0.25) is 0 Å². The molecular formula is C19H23N5O3. The van der Waals surface area contributed by atoms with Crippen molar-refractivity contribution >= 4 is 11.7 Å². The summed E-state index contributed by atoms with van der Waals surface area (Å²) in [4.78, 5) is 18.4. The van der Waals surface area contributed by atoms with E-state index in [9.17, 15) is 9.90 Å². The third kappa shape index (κ3) is 4.04. The van der Waals surface area contributed by atoms with E-state index in [1.54, 1.807) is 29.3 Å². The number of piperidine rings is 1. The second-order valence-electron chi connectivity index (χ2n) is 6.62. The number of anilines is 1. The summed E-state index contributed by atoms with van der Waals surface area (Å²) in [6.45, 7) is 1.11. The number of aliphatic hydroxyl groups is 1. The molecule has 1 aliphatic rings. The van der Waals surface area contributed by atoms with Crippen LogP contribution in [0.5, 0.6) is 5.75 Å². The van der Waals surface area contributed by atoms with Gasteiger partial charge >= 0.3 is 6.03 Å². The Morgan fingerprint density at radius 3 is 2.78 bits per heavy atom. The lowest BCUT2D eigenvalue weighted by molar-refractivity contribution is 0.0600. The van der Waals surface area contributed by atoms with Crippen molar-refractivity contribution in [1.82, 2.24) is 14.5 Å². The molecule has 1 atom stereocenters. The molecule has 1 aromatic heterocycles. The van der Waals surface area contributed by atoms with E-state index in [2.05, 4.69) is 16.4 Å². The molecule has 0 radical (unpaired) electrons. The van der Waals surface area contributed by atoms with Gasteiger partial charge in [0.2, 0.25) is 0 Å². The Labute approximate surface area is 158 Å². The predicted octanol–water partition coefficient (Wildman–Crippen LogP) is 2.28. The number of nitriles is 1. The minimum atomic E-state index is -0.630. The Bertz CT molecular complexity index is 849. The van der Waals surface area contributed by atoms with Gasteiger partial charge in [-0.25, -0.2) is 9.78 Å². The minimum absolute atomic E-state index is 0.0707. The van der Waals surface area contributed by atoms with Crippen LogP contribution >= 0.6 is 0 Å². The highest BCUT2D eigenvalue weighted by molar-refractivity contribution is 5.89. The van der Waals surface area contributed by atoms with Gasteiger partial charge in [-0.15, -0.1) is 0 Å². The average Bonchev–Trinajstić information content (AvgIpc) is 3.13. The fourth-order valence-corrected chi connectivity index (χ4v) is 3.37. The first-order valence-electron chi connectivity index (χ1n) is 8.83. The van der Waals surface area contributed by atoms with Gasteiger partial charge in [0.1, 0.15) is 23.7 Å². The third-order valence-electron chi connectivity index (χ3n) is 4.97. The molecule has 2 amide bonds. The number of methoxy groups -OCH3 is 1. The topological polar surface area (TPSA) is 103 Å². The van der Waals surface area contributed by atoms with Crippen molar-refractivity contribution in [1.29, 1.82) is 5.26 Å². The van der Waals surface area contributed by atoms with Gasteiger partial charge in [0, 0.05) is 38.2 Å². The fourth-order valence-electron chi connectivity index (χ4n) is 3.37. The Morgan fingerprint density at radius 2 is 2.19 bits per heavy atom. The predicted molar refractivity (Wildman–Crippen MR) is 99.2 cm³/mol. The van der Waals surface area contributed by atoms with Crippen LogP contribution in [0.2, 0.25) is 0 Å². The van der Waals surface area contributed by atoms with Crippen LogP contribution in [-0.2, 0) is 7.05 Å². The number of hydrogen-bond acceptors (Lipinski definition) is 5. The molecule has 2 aromatic rings. The maximum atomic E-state index is 12.5. The largest absolute Gasteiger partial charge is 0.495 e. The summed E-state index contributed by atoms with van der Waals surface area (Å²) in [6, 6.07) is 6.79. The highest BCUT2D eigenvalue weighted by atomic mass is 16.5. The smallest absolute Gasteiger partial charge is 0.321 e. The molecule has 0 bridgehead atoms. The van der Waals surface area contributed by atoms with Crippen LogP contribution in [0.15, 0.2) is 30.6 Å². The molecule has 1 unspecified atom stereocenters. The Balaban J connectivity index is 1.57. The van der Waals surface area contributed by atoms with Gasteiger partial charge in [-0.05, 0) is 37.0 Å². The first-order valence-corrected chi connectivity index (χ1v) is 8.83. The third-order valence-corrected chi connectivity index (χ3v) is 4.97. The van der Waals surface area contributed by atoms with Gasteiger partial charge in [-0.2, -0.15) is 5.26 Å². The standard InChI is InChI=1S/C19H23N5O3/c1-23-10-7-21-18(23)17(25)13-5-8-24(9-6-13)19(26)22-15-3-4-16(27-2)14(11-15)12-20/h3-4,7,10-11,13,17,25H,5-6,8-9H2,1-2H3,(H,22,26). The number of nitrogens with zero attached hydrogens (tertiary/aromatic N) is 4. The number of amides is 2. The monoisotopic (exact) mass is 369 g/mol. The first-order chi connectivity index (χ1) is 13.0. The van der Waals surface area contributed by atoms with Crippen LogP contribution < -0.4 is 10.1 Å². The summed E-state index contributed by atoms with van der Waals surface area (Å²) in [6.07, 6.45) is 4.26. The molecule has 0 saturated carbocycles. The first kappa shape index (κ1) is 18.7. The van der Waals surface area contributed by atoms with E-state index in [0.29, 0.717) is 48.8 Å². The molecule has 3 rings (SSSR count). The van der Waals surface area contributed by atoms with Crippen molar-refractivity contribution in [2.45, 2.75) is 18.9 Å². The number of rotatable bonds is 4. The molecule has 0 spiro atoms. The number of nitrogens with one attached hydrogen (secondary N) is 1. The lowest BCUT2D eigenvalue weighted by Crippen LogP contribution is -2.42. The van der Waals surface area contributed by atoms with Gasteiger partial charge in [0.25, 0.3) is 0 Å². The summed E-state index contributed by atoms with van der Waals surface area (Å²) in [7, 11) is 3.36. The summed E-state index contributed by atoms with van der Waals surface area (Å²) < 4.78 is 6.93. The number of aromatic nitrogens is 2. The van der Waals surface area contributed by atoms with Gasteiger partial charge in [0.05, 0.1) is 12.7 Å². The van der Waals surface area contributed by atoms with Crippen LogP contribution in [0.1, 0.15) is 30.3 Å². The summed E-state index contributed by atoms with van der Waals surface area (Å²) in [5.41, 5.74) is 0.916. The molecule has 27 heavy (non-hydrogen) atoms. The molecule has 1 aromatic carbocycles. The number of imidazole rings is 1. The van der Waals surface area contributed by atoms with E-state index >= 15 is 0 Å². The number of ether oxygens (including phenoxy) is 1. The van der Waals surface area contributed by atoms with Crippen molar-refractivity contribution in [2.24, 2.45) is 13.0 Å². The molecule has 2 N–H and O–H groups in total. The zero-order valence-electron chi connectivity index (χ0n) is 15.4. The van der Waals surface area contributed by atoms with Crippen molar-refractivity contribution in [2.75, 3.05) is 25.5 Å². The highest BCUT2D eigenvalue weighted by Gasteiger charge is 2.30. The van der Waals surface area contributed by atoms with Gasteiger partial charge < -0.3 is 24.6 Å². The summed E-state index contributed by atoms with van der Waals surface area (Å²) in [5.74, 6) is 1.20. The van der Waals surface area contributed by atoms with E-state index in [4.69, 9.17) is 10.00 Å². The molecule has 1 saturated heterocycles. The number of likely N-dealkylation sites (tertiary alicyclic amines) is 1. The maximum absolute atomic E-state index is 12.5. The average molecular weight is 369 g/mol. The van der Waals surface area contributed by atoms with Crippen molar-refractivity contribution in [3.05, 3.63) is 42.0 Å². The molecule has 2 heterocycles. The number of hydrogen-bond donors (Lipinski definition) is 2. The molecule has 8 heteroatoms. The zero-order valence-corrected chi connectivity index (χ0v) is 15.4. The van der Waals surface area contributed by atoms with Gasteiger partial charge in [0.15, 0.2) is 0 Å². The quantitative estimate of drug-likeness (QED) is 0.860. The minimum Gasteiger partial charge on any atom is -0.495 e. The Hall–Kier alpha value is -3.05. The fraction of sp³-hybridized carbons (Fsp3) is 0.421. The number of carbonyl (C=O) groups is 1. The summed E-state index contributed by atoms with van der Waals surface area (Å²) >= 11 is 0. The SMILES string of the molecule is COc1ccc(NC(=O)N2CCC(C(O)c3nccn3C)CC2)cc1C#N. The normalized spacial score (nSPS) is 15.9. The van der Waals surface area contributed by atoms with Crippen molar-refractivity contribution < 1.29 is 14.6 Å². The number of aryl methyl sites for hydroxylation is 1. The molecule has 142 valence electrons. The van der Waals surface area contributed by atoms with Gasteiger partial charge in [-0.1, -0.05) is 0 Å². The van der Waals surface area contributed by atoms with E-state index < -0.39 is 6.10 Å². The Morgan fingerprint density at radius 1 is 1.44 bits per heavy atom. The van der Waals surface area contributed by atoms with Crippen molar-refractivity contribution in [3.8, 4) is 11.8 Å². The number of aliphatic hydroxyl groups excluding tert-OH is 1. The molecule has 0 aliphatic carbocycles. The van der Waals surface area contributed by atoms with Crippen LogP contribution in [0.25, 0.3) is 0 Å². The van der Waals surface area contributed by atoms with Crippen LogP contribution in [-0.4, -0.2) is 45.8 Å². The van der Waals surface area contributed by atoms with Crippen LogP contribution in [0.3, 0.4) is 0 Å². The highest BCUT2D eigenvalue weighted by Crippen LogP contribution is 2.30. The Kier molecular flexibility index (Phi) is 5.62. The van der Waals surface area contributed by atoms with Crippen LogP contribution in [0, 0.1) is 17.2 Å². The number of urea groups is 1. The van der Waals surface area contributed by atoms with E-state index in [0.717, 1.165) is 0 Å². The zero-order chi connectivity index (χ0) is 19.4. The van der Waals surface area contributed by atoms with Crippen LogP contribution in [0.4, 0.5) is 10.5 Å². The van der Waals surface area contributed by atoms with E-state index in [1.807, 2.05) is 17.8 Å². The second kappa shape index (κ2) is 8.10. The lowest BCUT2D eigenvalue weighted by Gasteiger charge is -2.34. The second-order valence-corrected chi connectivity index (χ2v) is 6.62.